The number of rotatable bonds is 4. The molecule has 3 rings (SSSR count). The Bertz CT molecular complexity index is 647. The van der Waals surface area contributed by atoms with Crippen LogP contribution in [0.25, 0.3) is 0 Å². The van der Waals surface area contributed by atoms with Gasteiger partial charge in [0.1, 0.15) is 0 Å². The fraction of sp³-hybridized carbons (Fsp3) is 0.667. The first kappa shape index (κ1) is 17.2. The molecule has 0 spiro atoms. The Labute approximate surface area is 143 Å². The Morgan fingerprint density at radius 2 is 2.08 bits per heavy atom. The van der Waals surface area contributed by atoms with Gasteiger partial charge in [0.2, 0.25) is 5.91 Å². The fourth-order valence-electron chi connectivity index (χ4n) is 3.55. The minimum Gasteiger partial charge on any atom is -0.381 e. The summed E-state index contributed by atoms with van der Waals surface area (Å²) in [6.07, 6.45) is 2.39. The van der Waals surface area contributed by atoms with E-state index in [0.717, 1.165) is 38.0 Å². The molecular weight excluding hydrogens is 306 g/mol. The Morgan fingerprint density at radius 1 is 1.29 bits per heavy atom. The van der Waals surface area contributed by atoms with Crippen LogP contribution in [0.15, 0.2) is 16.9 Å². The molecular formula is C18H27N3O3. The molecule has 0 saturated carbocycles. The summed E-state index contributed by atoms with van der Waals surface area (Å²) in [6, 6.07) is 3.60. The summed E-state index contributed by atoms with van der Waals surface area (Å²) in [7, 11) is 4.02. The normalized spacial score (nSPS) is 21.0. The quantitative estimate of drug-likeness (QED) is 0.799. The van der Waals surface area contributed by atoms with Crippen molar-refractivity contribution < 1.29 is 9.53 Å². The molecule has 0 N–H and O–H groups in total. The van der Waals surface area contributed by atoms with Gasteiger partial charge < -0.3 is 19.1 Å². The zero-order valence-electron chi connectivity index (χ0n) is 14.7. The molecule has 1 fully saturated rings. The summed E-state index contributed by atoms with van der Waals surface area (Å²) in [4.78, 5) is 29.0. The van der Waals surface area contributed by atoms with Crippen molar-refractivity contribution in [1.82, 2.24) is 14.4 Å². The minimum atomic E-state index is 0.0159. The van der Waals surface area contributed by atoms with E-state index in [1.54, 1.807) is 6.07 Å². The molecule has 1 aromatic rings. The zero-order chi connectivity index (χ0) is 17.1. The predicted octanol–water partition coefficient (Wildman–Crippen LogP) is 0.374. The molecule has 0 aliphatic carbocycles. The Balaban J connectivity index is 1.76. The number of pyridine rings is 1. The number of carbonyl (C=O) groups excluding carboxylic acids is 1. The van der Waals surface area contributed by atoms with Gasteiger partial charge in [0.15, 0.2) is 0 Å². The predicted molar refractivity (Wildman–Crippen MR) is 92.2 cm³/mol. The van der Waals surface area contributed by atoms with Crippen molar-refractivity contribution in [3.8, 4) is 0 Å². The topological polar surface area (TPSA) is 54.8 Å². The Hall–Kier alpha value is -1.66. The van der Waals surface area contributed by atoms with Crippen LogP contribution in [0.5, 0.6) is 0 Å². The molecule has 2 aliphatic rings. The lowest BCUT2D eigenvalue weighted by atomic mass is 10.1. The van der Waals surface area contributed by atoms with Crippen molar-refractivity contribution in [3.63, 3.8) is 0 Å². The molecule has 0 unspecified atom stereocenters. The Kier molecular flexibility index (Phi) is 5.36. The summed E-state index contributed by atoms with van der Waals surface area (Å²) < 4.78 is 7.24. The molecule has 0 radical (unpaired) electrons. The van der Waals surface area contributed by atoms with Crippen molar-refractivity contribution in [2.45, 2.75) is 25.8 Å². The highest BCUT2D eigenvalue weighted by Gasteiger charge is 2.29. The van der Waals surface area contributed by atoms with E-state index < -0.39 is 0 Å². The molecule has 3 heterocycles. The highest BCUT2D eigenvalue weighted by molar-refractivity contribution is 5.79. The van der Waals surface area contributed by atoms with Crippen molar-refractivity contribution in [2.24, 2.45) is 5.92 Å². The van der Waals surface area contributed by atoms with E-state index in [4.69, 9.17) is 4.74 Å². The summed E-state index contributed by atoms with van der Waals surface area (Å²) in [6.45, 7) is 4.18. The molecule has 132 valence electrons. The number of hydrogen-bond acceptors (Lipinski definition) is 4. The van der Waals surface area contributed by atoms with E-state index in [2.05, 4.69) is 4.90 Å². The largest absolute Gasteiger partial charge is 0.381 e. The van der Waals surface area contributed by atoms with Crippen molar-refractivity contribution in [3.05, 3.63) is 33.7 Å². The van der Waals surface area contributed by atoms with Crippen LogP contribution in [0.2, 0.25) is 0 Å². The summed E-state index contributed by atoms with van der Waals surface area (Å²) in [5.74, 6) is 0.227. The second-order valence-electron chi connectivity index (χ2n) is 6.98. The molecule has 1 saturated heterocycles. The molecule has 6 heteroatoms. The lowest BCUT2D eigenvalue weighted by molar-refractivity contribution is -0.135. The number of fused-ring (bicyclic) bond motifs is 1. The fourth-order valence-corrected chi connectivity index (χ4v) is 3.55. The minimum absolute atomic E-state index is 0.0159. The van der Waals surface area contributed by atoms with Gasteiger partial charge in [0.25, 0.3) is 5.56 Å². The van der Waals surface area contributed by atoms with Crippen LogP contribution < -0.4 is 5.56 Å². The van der Waals surface area contributed by atoms with E-state index in [9.17, 15) is 9.59 Å². The first-order chi connectivity index (χ1) is 11.6. The maximum Gasteiger partial charge on any atom is 0.250 e. The first-order valence-corrected chi connectivity index (χ1v) is 8.79. The van der Waals surface area contributed by atoms with E-state index >= 15 is 0 Å². The molecule has 1 amide bonds. The number of nitrogens with zero attached hydrogens (tertiary/aromatic N) is 3. The van der Waals surface area contributed by atoms with Crippen molar-refractivity contribution >= 4 is 5.91 Å². The average Bonchev–Trinajstić information content (AvgIpc) is 3.00. The number of likely N-dealkylation sites (N-methyl/N-ethyl adjacent to an activating group) is 1. The molecule has 2 aliphatic heterocycles. The molecule has 24 heavy (non-hydrogen) atoms. The number of carbonyl (C=O) groups is 1. The number of hydrogen-bond donors (Lipinski definition) is 0. The summed E-state index contributed by atoms with van der Waals surface area (Å²) >= 11 is 0. The Morgan fingerprint density at radius 3 is 2.79 bits per heavy atom. The molecule has 1 atom stereocenters. The number of amides is 1. The number of ether oxygens (including phenoxy) is 1. The highest BCUT2D eigenvalue weighted by Crippen LogP contribution is 2.20. The standard InChI is InChI=1S/C18H27N3O3/c1-19(2)10-11-21-16-6-9-20(18(23)15-7-12-24-13-15)8-5-14(16)3-4-17(21)22/h3-4,15H,5-13H2,1-2H3/t15-/m1/s1. The highest BCUT2D eigenvalue weighted by atomic mass is 16.5. The maximum absolute atomic E-state index is 12.6. The third-order valence-corrected chi connectivity index (χ3v) is 5.02. The SMILES string of the molecule is CN(C)CCn1c2c(ccc1=O)CCN(C(=O)[C@@H]1CCOC1)CC2. The zero-order valence-corrected chi connectivity index (χ0v) is 14.7. The van der Waals surface area contributed by atoms with Gasteiger partial charge in [0.05, 0.1) is 12.5 Å². The molecule has 1 aromatic heterocycles. The molecule has 6 nitrogen and oxygen atoms in total. The van der Waals surface area contributed by atoms with Gasteiger partial charge in [-0.15, -0.1) is 0 Å². The average molecular weight is 333 g/mol. The van der Waals surface area contributed by atoms with E-state index in [0.29, 0.717) is 26.3 Å². The van der Waals surface area contributed by atoms with Crippen LogP contribution in [0.3, 0.4) is 0 Å². The van der Waals surface area contributed by atoms with Crippen LogP contribution >= 0.6 is 0 Å². The molecule has 0 bridgehead atoms. The second-order valence-corrected chi connectivity index (χ2v) is 6.98. The van der Waals surface area contributed by atoms with Crippen LogP contribution in [0.1, 0.15) is 17.7 Å². The maximum atomic E-state index is 12.6. The van der Waals surface area contributed by atoms with Gasteiger partial charge >= 0.3 is 0 Å². The van der Waals surface area contributed by atoms with Crippen LogP contribution in [0, 0.1) is 5.92 Å². The van der Waals surface area contributed by atoms with Gasteiger partial charge in [-0.2, -0.15) is 0 Å². The lowest BCUT2D eigenvalue weighted by Crippen LogP contribution is -2.38. The monoisotopic (exact) mass is 333 g/mol. The smallest absolute Gasteiger partial charge is 0.250 e. The van der Waals surface area contributed by atoms with Gasteiger partial charge in [-0.1, -0.05) is 6.07 Å². The van der Waals surface area contributed by atoms with Crippen molar-refractivity contribution in [2.75, 3.05) is 46.9 Å². The first-order valence-electron chi connectivity index (χ1n) is 8.79. The van der Waals surface area contributed by atoms with E-state index in [-0.39, 0.29) is 17.4 Å². The number of aromatic nitrogens is 1. The van der Waals surface area contributed by atoms with Crippen LogP contribution in [0.4, 0.5) is 0 Å². The van der Waals surface area contributed by atoms with Gasteiger partial charge in [-0.25, -0.2) is 0 Å². The third-order valence-electron chi connectivity index (χ3n) is 5.02. The summed E-state index contributed by atoms with van der Waals surface area (Å²) in [5.41, 5.74) is 2.35. The second kappa shape index (κ2) is 7.49. The molecule has 0 aromatic carbocycles. The lowest BCUT2D eigenvalue weighted by Gasteiger charge is -2.23. The van der Waals surface area contributed by atoms with Crippen LogP contribution in [-0.2, 0) is 28.9 Å². The third kappa shape index (κ3) is 3.70. The van der Waals surface area contributed by atoms with Crippen LogP contribution in [-0.4, -0.2) is 67.2 Å². The van der Waals surface area contributed by atoms with Crippen molar-refractivity contribution in [1.29, 1.82) is 0 Å². The summed E-state index contributed by atoms with van der Waals surface area (Å²) in [5, 5.41) is 0. The van der Waals surface area contributed by atoms with E-state index in [1.807, 2.05) is 29.6 Å². The van der Waals surface area contributed by atoms with Gasteiger partial charge in [-0.3, -0.25) is 9.59 Å². The van der Waals surface area contributed by atoms with Gasteiger partial charge in [-0.05, 0) is 32.5 Å². The van der Waals surface area contributed by atoms with E-state index in [1.165, 1.54) is 5.56 Å². The van der Waals surface area contributed by atoms with Gasteiger partial charge in [0, 0.05) is 51.0 Å².